The lowest BCUT2D eigenvalue weighted by atomic mass is 10.1. The van der Waals surface area contributed by atoms with Gasteiger partial charge in [-0.15, -0.1) is 0 Å². The largest absolute Gasteiger partial charge is 0.496 e. The monoisotopic (exact) mass is 347 g/mol. The highest BCUT2D eigenvalue weighted by Crippen LogP contribution is 2.21. The van der Waals surface area contributed by atoms with Crippen LogP contribution in [-0.2, 0) is 11.3 Å². The average molecular weight is 347 g/mol. The Kier molecular flexibility index (Phi) is 5.31. The van der Waals surface area contributed by atoms with Gasteiger partial charge in [0.15, 0.2) is 0 Å². The standard InChI is InChI=1S/C17H21N3O5/c1-17(2,3)25-16(23)19-13-8-18-20(10-13)9-12-7-11(15(21)22)5-6-14(12)24-4/h5-8,10H,9H2,1-4H3,(H,19,23)(H,21,22). The summed E-state index contributed by atoms with van der Waals surface area (Å²) < 4.78 is 12.0. The second-order valence-corrected chi connectivity index (χ2v) is 6.39. The second-order valence-electron chi connectivity index (χ2n) is 6.39. The van der Waals surface area contributed by atoms with Crippen molar-refractivity contribution in [3.8, 4) is 5.75 Å². The molecule has 0 radical (unpaired) electrons. The van der Waals surface area contributed by atoms with Crippen molar-refractivity contribution >= 4 is 17.7 Å². The van der Waals surface area contributed by atoms with E-state index >= 15 is 0 Å². The molecule has 2 rings (SSSR count). The first-order valence-electron chi connectivity index (χ1n) is 7.60. The van der Waals surface area contributed by atoms with Gasteiger partial charge in [-0.2, -0.15) is 5.10 Å². The molecule has 2 aromatic rings. The van der Waals surface area contributed by atoms with Gasteiger partial charge in [0.25, 0.3) is 0 Å². The zero-order valence-corrected chi connectivity index (χ0v) is 14.6. The molecule has 1 aromatic heterocycles. The molecule has 0 atom stereocenters. The number of carboxylic acids is 1. The van der Waals surface area contributed by atoms with Crippen molar-refractivity contribution < 1.29 is 24.2 Å². The van der Waals surface area contributed by atoms with E-state index in [1.165, 1.54) is 25.4 Å². The summed E-state index contributed by atoms with van der Waals surface area (Å²) in [7, 11) is 1.51. The molecule has 0 aliphatic rings. The molecule has 0 saturated heterocycles. The molecule has 0 spiro atoms. The van der Waals surface area contributed by atoms with Crippen LogP contribution < -0.4 is 10.1 Å². The van der Waals surface area contributed by atoms with E-state index in [4.69, 9.17) is 14.6 Å². The van der Waals surface area contributed by atoms with Crippen molar-refractivity contribution in [3.05, 3.63) is 41.7 Å². The van der Waals surface area contributed by atoms with E-state index in [2.05, 4.69) is 10.4 Å². The minimum absolute atomic E-state index is 0.162. The molecule has 25 heavy (non-hydrogen) atoms. The van der Waals surface area contributed by atoms with E-state index in [0.717, 1.165) is 0 Å². The molecule has 0 aliphatic carbocycles. The van der Waals surface area contributed by atoms with E-state index in [-0.39, 0.29) is 5.56 Å². The Morgan fingerprint density at radius 1 is 1.32 bits per heavy atom. The highest BCUT2D eigenvalue weighted by molar-refractivity contribution is 5.88. The van der Waals surface area contributed by atoms with Crippen molar-refractivity contribution in [2.45, 2.75) is 32.9 Å². The molecule has 2 N–H and O–H groups in total. The predicted molar refractivity (Wildman–Crippen MR) is 91.1 cm³/mol. The van der Waals surface area contributed by atoms with Crippen molar-refractivity contribution in [3.63, 3.8) is 0 Å². The van der Waals surface area contributed by atoms with E-state index in [1.807, 2.05) is 0 Å². The summed E-state index contributed by atoms with van der Waals surface area (Å²) in [5, 5.41) is 15.9. The van der Waals surface area contributed by atoms with Crippen LogP contribution in [0, 0.1) is 0 Å². The number of rotatable bonds is 5. The Bertz CT molecular complexity index is 777. The SMILES string of the molecule is COc1ccc(C(=O)O)cc1Cn1cc(NC(=O)OC(C)(C)C)cn1. The van der Waals surface area contributed by atoms with E-state index < -0.39 is 17.7 Å². The van der Waals surface area contributed by atoms with Crippen LogP contribution in [0.2, 0.25) is 0 Å². The minimum atomic E-state index is -1.02. The maximum Gasteiger partial charge on any atom is 0.412 e. The fourth-order valence-electron chi connectivity index (χ4n) is 2.15. The van der Waals surface area contributed by atoms with Crippen LogP contribution in [0.5, 0.6) is 5.75 Å². The number of aromatic carboxylic acids is 1. The summed E-state index contributed by atoms with van der Waals surface area (Å²) >= 11 is 0. The molecule has 1 aromatic carbocycles. The first kappa shape index (κ1) is 18.3. The highest BCUT2D eigenvalue weighted by Gasteiger charge is 2.17. The number of aromatic nitrogens is 2. The van der Waals surface area contributed by atoms with Crippen LogP contribution in [0.1, 0.15) is 36.7 Å². The summed E-state index contributed by atoms with van der Waals surface area (Å²) in [4.78, 5) is 22.9. The van der Waals surface area contributed by atoms with Crippen LogP contribution in [0.15, 0.2) is 30.6 Å². The van der Waals surface area contributed by atoms with Gasteiger partial charge in [-0.05, 0) is 39.0 Å². The highest BCUT2D eigenvalue weighted by atomic mass is 16.6. The summed E-state index contributed by atoms with van der Waals surface area (Å²) in [5.74, 6) is -0.459. The lowest BCUT2D eigenvalue weighted by Crippen LogP contribution is -2.27. The molecule has 1 amide bonds. The summed E-state index contributed by atoms with van der Waals surface area (Å²) in [6, 6.07) is 4.61. The van der Waals surface area contributed by atoms with Crippen molar-refractivity contribution in [2.75, 3.05) is 12.4 Å². The van der Waals surface area contributed by atoms with Crippen LogP contribution >= 0.6 is 0 Å². The molecular weight excluding hydrogens is 326 g/mol. The number of anilines is 1. The first-order chi connectivity index (χ1) is 11.7. The third-order valence-electron chi connectivity index (χ3n) is 3.14. The van der Waals surface area contributed by atoms with Crippen molar-refractivity contribution in [1.29, 1.82) is 0 Å². The Labute approximate surface area is 145 Å². The topological polar surface area (TPSA) is 103 Å². The van der Waals surface area contributed by atoms with Crippen LogP contribution in [0.4, 0.5) is 10.5 Å². The number of hydrogen-bond acceptors (Lipinski definition) is 5. The smallest absolute Gasteiger partial charge is 0.412 e. The number of nitrogens with one attached hydrogen (secondary N) is 1. The summed E-state index contributed by atoms with van der Waals surface area (Å²) in [6.07, 6.45) is 2.53. The van der Waals surface area contributed by atoms with Crippen LogP contribution in [0.25, 0.3) is 0 Å². The van der Waals surface area contributed by atoms with Crippen LogP contribution in [-0.4, -0.2) is 39.7 Å². The molecule has 8 heteroatoms. The van der Waals surface area contributed by atoms with Crippen LogP contribution in [0.3, 0.4) is 0 Å². The average Bonchev–Trinajstić information content (AvgIpc) is 2.92. The Morgan fingerprint density at radius 3 is 2.64 bits per heavy atom. The number of amides is 1. The van der Waals surface area contributed by atoms with E-state index in [1.54, 1.807) is 37.7 Å². The molecule has 0 saturated carbocycles. The number of nitrogens with zero attached hydrogens (tertiary/aromatic N) is 2. The maximum atomic E-state index is 11.8. The molecular formula is C17H21N3O5. The second kappa shape index (κ2) is 7.25. The molecule has 0 aliphatic heterocycles. The van der Waals surface area contributed by atoms with Gasteiger partial charge >= 0.3 is 12.1 Å². The van der Waals surface area contributed by atoms with E-state index in [0.29, 0.717) is 23.5 Å². The normalized spacial score (nSPS) is 11.0. The number of ether oxygens (including phenoxy) is 2. The predicted octanol–water partition coefficient (Wildman–Crippen LogP) is 2.99. The number of benzene rings is 1. The Hall–Kier alpha value is -3.03. The number of hydrogen-bond donors (Lipinski definition) is 2. The Balaban J connectivity index is 2.12. The fraction of sp³-hybridized carbons (Fsp3) is 0.353. The van der Waals surface area contributed by atoms with Crippen molar-refractivity contribution in [2.24, 2.45) is 0 Å². The van der Waals surface area contributed by atoms with Gasteiger partial charge in [0.05, 0.1) is 31.1 Å². The van der Waals surface area contributed by atoms with Gasteiger partial charge in [0.2, 0.25) is 0 Å². The van der Waals surface area contributed by atoms with Gasteiger partial charge in [0, 0.05) is 11.8 Å². The minimum Gasteiger partial charge on any atom is -0.496 e. The number of methoxy groups -OCH3 is 1. The van der Waals surface area contributed by atoms with Gasteiger partial charge < -0.3 is 14.6 Å². The quantitative estimate of drug-likeness (QED) is 0.862. The van der Waals surface area contributed by atoms with Crippen molar-refractivity contribution in [1.82, 2.24) is 9.78 Å². The zero-order chi connectivity index (χ0) is 18.6. The van der Waals surface area contributed by atoms with Gasteiger partial charge in [-0.25, -0.2) is 9.59 Å². The summed E-state index contributed by atoms with van der Waals surface area (Å²) in [6.45, 7) is 5.62. The lowest BCUT2D eigenvalue weighted by Gasteiger charge is -2.19. The molecule has 8 nitrogen and oxygen atoms in total. The third-order valence-corrected chi connectivity index (χ3v) is 3.14. The lowest BCUT2D eigenvalue weighted by molar-refractivity contribution is 0.0634. The van der Waals surface area contributed by atoms with Gasteiger partial charge in [-0.3, -0.25) is 10.00 Å². The molecule has 134 valence electrons. The molecule has 0 unspecified atom stereocenters. The number of carbonyl (C=O) groups excluding carboxylic acids is 1. The zero-order valence-electron chi connectivity index (χ0n) is 14.6. The van der Waals surface area contributed by atoms with E-state index in [9.17, 15) is 9.59 Å². The number of carbonyl (C=O) groups is 2. The fourth-order valence-corrected chi connectivity index (χ4v) is 2.15. The van der Waals surface area contributed by atoms with Gasteiger partial charge in [0.1, 0.15) is 11.4 Å². The number of carboxylic acid groups (broad SMARTS) is 1. The maximum absolute atomic E-state index is 11.8. The molecule has 1 heterocycles. The molecule has 0 fully saturated rings. The molecule has 0 bridgehead atoms. The summed E-state index contributed by atoms with van der Waals surface area (Å²) in [5.41, 5.74) is 0.706. The third kappa shape index (κ3) is 5.23. The first-order valence-corrected chi connectivity index (χ1v) is 7.60. The van der Waals surface area contributed by atoms with Gasteiger partial charge in [-0.1, -0.05) is 0 Å². The Morgan fingerprint density at radius 2 is 2.04 bits per heavy atom.